The summed E-state index contributed by atoms with van der Waals surface area (Å²) in [5.41, 5.74) is 0. The van der Waals surface area contributed by atoms with Crippen LogP contribution >= 0.6 is 12.4 Å². The molecule has 1 aliphatic heterocycles. The van der Waals surface area contributed by atoms with Gasteiger partial charge in [0.05, 0.1) is 7.11 Å². The Hall–Kier alpha value is -0.280. The third-order valence-electron chi connectivity index (χ3n) is 4.03. The van der Waals surface area contributed by atoms with Gasteiger partial charge >= 0.3 is 5.97 Å². The van der Waals surface area contributed by atoms with E-state index in [1.165, 1.54) is 39.3 Å². The molecular weight excluding hydrogens is 226 g/mol. The molecule has 0 aromatic carbocycles. The molecule has 2 aliphatic rings. The molecule has 2 fully saturated rings. The highest BCUT2D eigenvalue weighted by atomic mass is 35.5. The monoisotopic (exact) mass is 247 g/mol. The molecule has 1 saturated heterocycles. The summed E-state index contributed by atoms with van der Waals surface area (Å²) >= 11 is 0. The van der Waals surface area contributed by atoms with Crippen LogP contribution in [0.4, 0.5) is 0 Å². The Labute approximate surface area is 104 Å². The van der Waals surface area contributed by atoms with E-state index in [-0.39, 0.29) is 18.4 Å². The maximum atomic E-state index is 11.2. The fourth-order valence-electron chi connectivity index (χ4n) is 3.13. The second-order valence-electron chi connectivity index (χ2n) is 4.97. The Morgan fingerprint density at radius 1 is 1.31 bits per heavy atom. The number of ether oxygens (including phenoxy) is 1. The van der Waals surface area contributed by atoms with Crippen LogP contribution in [0.1, 0.15) is 32.1 Å². The number of carbonyl (C=O) groups is 1. The molecule has 94 valence electrons. The highest BCUT2D eigenvalue weighted by molar-refractivity contribution is 5.85. The van der Waals surface area contributed by atoms with E-state index in [9.17, 15) is 4.79 Å². The van der Waals surface area contributed by atoms with E-state index in [4.69, 9.17) is 4.74 Å². The van der Waals surface area contributed by atoms with Gasteiger partial charge in [-0.3, -0.25) is 4.79 Å². The van der Waals surface area contributed by atoms with Crippen molar-refractivity contribution in [1.82, 2.24) is 5.32 Å². The maximum absolute atomic E-state index is 11.2. The molecule has 0 bridgehead atoms. The van der Waals surface area contributed by atoms with Crippen LogP contribution in [0.5, 0.6) is 0 Å². The van der Waals surface area contributed by atoms with Crippen LogP contribution < -0.4 is 5.32 Å². The van der Waals surface area contributed by atoms with E-state index in [2.05, 4.69) is 5.32 Å². The average molecular weight is 248 g/mol. The van der Waals surface area contributed by atoms with Crippen molar-refractivity contribution in [1.29, 1.82) is 0 Å². The van der Waals surface area contributed by atoms with Gasteiger partial charge in [0.25, 0.3) is 0 Å². The topological polar surface area (TPSA) is 38.3 Å². The van der Waals surface area contributed by atoms with Gasteiger partial charge in [-0.05, 0) is 56.5 Å². The first-order valence-corrected chi connectivity index (χ1v) is 6.07. The Kier molecular flexibility index (Phi) is 5.56. The van der Waals surface area contributed by atoms with E-state index in [1.807, 2.05) is 0 Å². The molecule has 1 heterocycles. The van der Waals surface area contributed by atoms with Gasteiger partial charge in [0, 0.05) is 6.42 Å². The van der Waals surface area contributed by atoms with Gasteiger partial charge in [0.2, 0.25) is 0 Å². The van der Waals surface area contributed by atoms with Crippen molar-refractivity contribution < 1.29 is 9.53 Å². The summed E-state index contributed by atoms with van der Waals surface area (Å²) in [6.07, 6.45) is 5.66. The fourth-order valence-corrected chi connectivity index (χ4v) is 3.13. The minimum absolute atomic E-state index is 0. The van der Waals surface area contributed by atoms with Crippen molar-refractivity contribution in [2.45, 2.75) is 32.1 Å². The number of hydrogen-bond acceptors (Lipinski definition) is 3. The van der Waals surface area contributed by atoms with Gasteiger partial charge < -0.3 is 10.1 Å². The van der Waals surface area contributed by atoms with Gasteiger partial charge in [0.1, 0.15) is 0 Å². The van der Waals surface area contributed by atoms with E-state index >= 15 is 0 Å². The summed E-state index contributed by atoms with van der Waals surface area (Å²) in [5, 5.41) is 3.46. The quantitative estimate of drug-likeness (QED) is 0.759. The summed E-state index contributed by atoms with van der Waals surface area (Å²) < 4.78 is 4.74. The van der Waals surface area contributed by atoms with Gasteiger partial charge in [-0.15, -0.1) is 12.4 Å². The second-order valence-corrected chi connectivity index (χ2v) is 4.97. The zero-order chi connectivity index (χ0) is 10.7. The third kappa shape index (κ3) is 3.36. The summed E-state index contributed by atoms with van der Waals surface area (Å²) in [4.78, 5) is 11.2. The summed E-state index contributed by atoms with van der Waals surface area (Å²) in [7, 11) is 1.48. The molecule has 0 aromatic heterocycles. The number of rotatable bonds is 2. The molecule has 4 heteroatoms. The molecule has 1 N–H and O–H groups in total. The molecule has 2 rings (SSSR count). The standard InChI is InChI=1S/C12H21NO2.ClH/c1-15-12(14)7-9-2-3-11-8-13-5-4-10(11)6-9;/h9-11,13H,2-8H2,1H3;1H. The highest BCUT2D eigenvalue weighted by Crippen LogP contribution is 2.38. The molecule has 3 atom stereocenters. The van der Waals surface area contributed by atoms with E-state index in [0.717, 1.165) is 18.4 Å². The van der Waals surface area contributed by atoms with Crippen molar-refractivity contribution in [2.24, 2.45) is 17.8 Å². The Morgan fingerprint density at radius 2 is 2.12 bits per heavy atom. The number of nitrogens with one attached hydrogen (secondary N) is 1. The third-order valence-corrected chi connectivity index (χ3v) is 4.03. The van der Waals surface area contributed by atoms with Crippen molar-refractivity contribution in [3.63, 3.8) is 0 Å². The zero-order valence-corrected chi connectivity index (χ0v) is 10.7. The molecular formula is C12H22ClNO2. The van der Waals surface area contributed by atoms with Crippen molar-refractivity contribution in [3.8, 4) is 0 Å². The molecule has 16 heavy (non-hydrogen) atoms. The van der Waals surface area contributed by atoms with Gasteiger partial charge in [-0.25, -0.2) is 0 Å². The Bertz CT molecular complexity index is 235. The summed E-state index contributed by atoms with van der Waals surface area (Å²) in [6.45, 7) is 2.35. The summed E-state index contributed by atoms with van der Waals surface area (Å²) in [5.74, 6) is 2.27. The normalized spacial score (nSPS) is 33.4. The lowest BCUT2D eigenvalue weighted by molar-refractivity contribution is -0.142. The first-order chi connectivity index (χ1) is 7.29. The van der Waals surface area contributed by atoms with Crippen molar-refractivity contribution in [3.05, 3.63) is 0 Å². The van der Waals surface area contributed by atoms with Gasteiger partial charge in [-0.1, -0.05) is 0 Å². The fraction of sp³-hybridized carbons (Fsp3) is 0.917. The number of hydrogen-bond donors (Lipinski definition) is 1. The van der Waals surface area contributed by atoms with Crippen LogP contribution in [0.3, 0.4) is 0 Å². The molecule has 0 spiro atoms. The molecule has 0 aromatic rings. The highest BCUT2D eigenvalue weighted by Gasteiger charge is 2.32. The lowest BCUT2D eigenvalue weighted by atomic mass is 9.70. The second kappa shape index (κ2) is 6.45. The van der Waals surface area contributed by atoms with Crippen LogP contribution in [0.15, 0.2) is 0 Å². The lowest BCUT2D eigenvalue weighted by Gasteiger charge is -2.39. The lowest BCUT2D eigenvalue weighted by Crippen LogP contribution is -2.40. The minimum atomic E-state index is -0.0348. The SMILES string of the molecule is COC(=O)CC1CCC2CNCCC2C1.Cl. The predicted octanol–water partition coefficient (Wildman–Crippen LogP) is 2.00. The minimum Gasteiger partial charge on any atom is -0.469 e. The first kappa shape index (κ1) is 13.8. The molecule has 1 aliphatic carbocycles. The molecule has 0 radical (unpaired) electrons. The van der Waals surface area contributed by atoms with Crippen LogP contribution in [0.2, 0.25) is 0 Å². The number of fused-ring (bicyclic) bond motifs is 1. The van der Waals surface area contributed by atoms with Crippen LogP contribution in [0, 0.1) is 17.8 Å². The predicted molar refractivity (Wildman–Crippen MR) is 65.7 cm³/mol. The number of piperidine rings is 1. The van der Waals surface area contributed by atoms with Gasteiger partial charge in [-0.2, -0.15) is 0 Å². The number of halogens is 1. The van der Waals surface area contributed by atoms with Gasteiger partial charge in [0.15, 0.2) is 0 Å². The van der Waals surface area contributed by atoms with Crippen molar-refractivity contribution in [2.75, 3.05) is 20.2 Å². The first-order valence-electron chi connectivity index (χ1n) is 6.07. The van der Waals surface area contributed by atoms with E-state index in [1.54, 1.807) is 0 Å². The molecule has 0 amide bonds. The molecule has 3 unspecified atom stereocenters. The van der Waals surface area contributed by atoms with E-state index in [0.29, 0.717) is 12.3 Å². The largest absolute Gasteiger partial charge is 0.469 e. The Balaban J connectivity index is 0.00000128. The number of methoxy groups -OCH3 is 1. The van der Waals surface area contributed by atoms with Crippen LogP contribution in [0.25, 0.3) is 0 Å². The number of carbonyl (C=O) groups excluding carboxylic acids is 1. The van der Waals surface area contributed by atoms with Crippen LogP contribution in [-0.2, 0) is 9.53 Å². The number of esters is 1. The Morgan fingerprint density at radius 3 is 2.88 bits per heavy atom. The summed E-state index contributed by atoms with van der Waals surface area (Å²) in [6, 6.07) is 0. The van der Waals surface area contributed by atoms with Crippen LogP contribution in [-0.4, -0.2) is 26.2 Å². The van der Waals surface area contributed by atoms with Crippen molar-refractivity contribution >= 4 is 18.4 Å². The maximum Gasteiger partial charge on any atom is 0.305 e. The smallest absolute Gasteiger partial charge is 0.305 e. The van der Waals surface area contributed by atoms with E-state index < -0.39 is 0 Å². The average Bonchev–Trinajstić information content (AvgIpc) is 2.29. The zero-order valence-electron chi connectivity index (χ0n) is 9.91. The molecule has 1 saturated carbocycles. The molecule has 3 nitrogen and oxygen atoms in total.